The van der Waals surface area contributed by atoms with Crippen molar-refractivity contribution in [1.29, 1.82) is 0 Å². The Morgan fingerprint density at radius 2 is 2.00 bits per heavy atom. The van der Waals surface area contributed by atoms with Crippen molar-refractivity contribution in [3.05, 3.63) is 18.7 Å². The molecule has 0 fully saturated rings. The summed E-state index contributed by atoms with van der Waals surface area (Å²) in [6, 6.07) is 0. The van der Waals surface area contributed by atoms with E-state index in [0.29, 0.717) is 0 Å². The minimum Gasteiger partial charge on any atom is -0.241 e. The molecule has 0 N–H and O–H groups in total. The molecule has 0 aliphatic carbocycles. The predicted molar refractivity (Wildman–Crippen MR) is 50.2 cm³/mol. The van der Waals surface area contributed by atoms with Gasteiger partial charge in [-0.15, -0.1) is 0 Å². The molecule has 0 aliphatic rings. The van der Waals surface area contributed by atoms with Crippen LogP contribution in [0.15, 0.2) is 18.7 Å². The fraction of sp³-hybridized carbons (Fsp3) is 0.625. The molecule has 1 rings (SSSR count). The van der Waals surface area contributed by atoms with E-state index in [1.165, 1.54) is 12.8 Å². The van der Waals surface area contributed by atoms with Gasteiger partial charge in [0.1, 0.15) is 12.4 Å². The van der Waals surface area contributed by atoms with Crippen molar-refractivity contribution >= 4 is 8.34 Å². The fourth-order valence-electron chi connectivity index (χ4n) is 0.975. The predicted octanol–water partition coefficient (Wildman–Crippen LogP) is 1.47. The van der Waals surface area contributed by atoms with Gasteiger partial charge in [0.25, 0.3) is 0 Å². The van der Waals surface area contributed by atoms with Crippen molar-refractivity contribution < 1.29 is 34.8 Å². The maximum Gasteiger partial charge on any atom is 0.303 e. The van der Waals surface area contributed by atoms with E-state index in [1.807, 2.05) is 7.05 Å². The smallest absolute Gasteiger partial charge is 0.241 e. The van der Waals surface area contributed by atoms with Crippen molar-refractivity contribution in [3.8, 4) is 0 Å². The van der Waals surface area contributed by atoms with Gasteiger partial charge in [0.05, 0.1) is 13.6 Å². The van der Waals surface area contributed by atoms with Crippen LogP contribution in [-0.4, -0.2) is 4.57 Å². The quantitative estimate of drug-likeness (QED) is 0.482. The van der Waals surface area contributed by atoms with Gasteiger partial charge in [-0.05, 0) is 6.42 Å². The van der Waals surface area contributed by atoms with E-state index in [9.17, 15) is 0 Å². The summed E-state index contributed by atoms with van der Waals surface area (Å²) in [5.41, 5.74) is 0. The molecular formula is C8H16MoN2O2P+. The molecule has 0 radical (unpaired) electrons. The third-order valence-electron chi connectivity index (χ3n) is 1.59. The normalized spacial score (nSPS) is 8.14. The van der Waals surface area contributed by atoms with E-state index >= 15 is 0 Å². The van der Waals surface area contributed by atoms with E-state index in [2.05, 4.69) is 34.8 Å². The number of hydrogen-bond acceptors (Lipinski definition) is 2. The van der Waals surface area contributed by atoms with E-state index in [1.54, 1.807) is 0 Å². The Morgan fingerprint density at radius 1 is 1.43 bits per heavy atom. The minimum atomic E-state index is -1.42. The summed E-state index contributed by atoms with van der Waals surface area (Å²) in [5, 5.41) is 0. The maximum absolute atomic E-state index is 8.40. The molecule has 0 unspecified atom stereocenters. The van der Waals surface area contributed by atoms with Gasteiger partial charge in [-0.3, -0.25) is 0 Å². The zero-order valence-electron chi connectivity index (χ0n) is 8.47. The Labute approximate surface area is 99.8 Å². The first kappa shape index (κ1) is 16.2. The molecule has 6 heteroatoms. The number of hydrogen-bond donors (Lipinski definition) is 0. The number of imidazole rings is 1. The van der Waals surface area contributed by atoms with Gasteiger partial charge in [0, 0.05) is 21.1 Å². The largest absolute Gasteiger partial charge is 0.303 e. The van der Waals surface area contributed by atoms with Crippen molar-refractivity contribution in [2.45, 2.75) is 26.3 Å². The van der Waals surface area contributed by atoms with Gasteiger partial charge in [0.15, 0.2) is 0 Å². The summed E-state index contributed by atoms with van der Waals surface area (Å²) in [6.07, 6.45) is 8.82. The molecule has 0 saturated heterocycles. The van der Waals surface area contributed by atoms with Crippen LogP contribution in [0.2, 0.25) is 0 Å². The zero-order valence-corrected chi connectivity index (χ0v) is 11.5. The summed E-state index contributed by atoms with van der Waals surface area (Å²) < 4.78 is 21.1. The van der Waals surface area contributed by atoms with Crippen molar-refractivity contribution in [3.63, 3.8) is 0 Å². The van der Waals surface area contributed by atoms with Gasteiger partial charge in [0.2, 0.25) is 6.33 Å². The summed E-state index contributed by atoms with van der Waals surface area (Å²) in [5.74, 6) is 0. The third-order valence-corrected chi connectivity index (χ3v) is 1.59. The Bertz CT molecular complexity index is 272. The first-order valence-electron chi connectivity index (χ1n) is 4.24. The van der Waals surface area contributed by atoms with Gasteiger partial charge in [-0.25, -0.2) is 18.3 Å². The molecule has 1 aromatic rings. The van der Waals surface area contributed by atoms with Crippen LogP contribution in [0.25, 0.3) is 0 Å². The molecule has 1 heterocycles. The SMILES string of the molecule is CCCCn1cc[n+](C)c1.O=[PH]=O.[Mo]. The van der Waals surface area contributed by atoms with Gasteiger partial charge in [-0.2, -0.15) is 0 Å². The maximum atomic E-state index is 8.40. The Kier molecular flexibility index (Phi) is 12.6. The Balaban J connectivity index is 0. The van der Waals surface area contributed by atoms with Crippen LogP contribution < -0.4 is 4.57 Å². The third kappa shape index (κ3) is 8.40. The number of unbranched alkanes of at least 4 members (excludes halogenated alkanes) is 1. The van der Waals surface area contributed by atoms with Crippen LogP contribution in [0.5, 0.6) is 0 Å². The van der Waals surface area contributed by atoms with Crippen LogP contribution in [0, 0.1) is 0 Å². The zero-order chi connectivity index (χ0) is 10.1. The second kappa shape index (κ2) is 10.9. The summed E-state index contributed by atoms with van der Waals surface area (Å²) in [6.45, 7) is 3.36. The minimum absolute atomic E-state index is 0. The van der Waals surface area contributed by atoms with E-state index in [0.717, 1.165) is 6.54 Å². The number of aryl methyl sites for hydroxylation is 2. The monoisotopic (exact) mass is 301 g/mol. The molecule has 14 heavy (non-hydrogen) atoms. The number of aromatic nitrogens is 2. The molecule has 0 amide bonds. The Morgan fingerprint density at radius 3 is 2.36 bits per heavy atom. The number of nitrogens with zero attached hydrogens (tertiary/aromatic N) is 2. The van der Waals surface area contributed by atoms with Crippen LogP contribution in [0.4, 0.5) is 0 Å². The molecule has 0 atom stereocenters. The van der Waals surface area contributed by atoms with Crippen molar-refractivity contribution in [2.24, 2.45) is 7.05 Å². The topological polar surface area (TPSA) is 43.0 Å². The molecule has 0 bridgehead atoms. The van der Waals surface area contributed by atoms with Gasteiger partial charge in [-0.1, -0.05) is 13.3 Å². The molecule has 0 saturated carbocycles. The van der Waals surface area contributed by atoms with E-state index < -0.39 is 8.34 Å². The van der Waals surface area contributed by atoms with Crippen LogP contribution in [-0.2, 0) is 43.8 Å². The molecule has 0 aliphatic heterocycles. The fourth-order valence-corrected chi connectivity index (χ4v) is 0.975. The average molecular weight is 299 g/mol. The van der Waals surface area contributed by atoms with Gasteiger partial charge < -0.3 is 0 Å². The Hall–Kier alpha value is -0.202. The van der Waals surface area contributed by atoms with Crippen LogP contribution in [0.3, 0.4) is 0 Å². The molecular weight excluding hydrogens is 283 g/mol. The standard InChI is InChI=1S/C8H15N2.Mo.HO2P/c1-3-4-5-10-7-6-9(2)8-10;;1-3-2/h6-8H,3-5H2,1-2H3;;3H/q+1;;. The van der Waals surface area contributed by atoms with Crippen molar-refractivity contribution in [2.75, 3.05) is 0 Å². The van der Waals surface area contributed by atoms with E-state index in [4.69, 9.17) is 9.13 Å². The number of rotatable bonds is 3. The molecule has 0 spiro atoms. The molecule has 0 aromatic carbocycles. The average Bonchev–Trinajstić information content (AvgIpc) is 2.49. The first-order valence-corrected chi connectivity index (χ1v) is 5.06. The summed E-state index contributed by atoms with van der Waals surface area (Å²) in [4.78, 5) is 0. The van der Waals surface area contributed by atoms with E-state index in [-0.39, 0.29) is 21.1 Å². The summed E-state index contributed by atoms with van der Waals surface area (Å²) in [7, 11) is 0.627. The van der Waals surface area contributed by atoms with Crippen molar-refractivity contribution in [1.82, 2.24) is 4.57 Å². The molecule has 4 nitrogen and oxygen atoms in total. The van der Waals surface area contributed by atoms with Crippen LogP contribution in [0.1, 0.15) is 19.8 Å². The molecule has 1 aromatic heterocycles. The van der Waals surface area contributed by atoms with Gasteiger partial charge >= 0.3 is 8.34 Å². The second-order valence-electron chi connectivity index (χ2n) is 2.75. The molecule has 80 valence electrons. The first-order chi connectivity index (χ1) is 6.24. The van der Waals surface area contributed by atoms with Crippen LogP contribution >= 0.6 is 8.34 Å². The summed E-state index contributed by atoms with van der Waals surface area (Å²) >= 11 is 0. The second-order valence-corrected chi connectivity index (χ2v) is 2.92.